The molecule has 0 heterocycles. The van der Waals surface area contributed by atoms with Crippen molar-refractivity contribution in [1.29, 1.82) is 0 Å². The maximum Gasteiger partial charge on any atom is 0.191 e. The molecule has 1 aliphatic rings. The number of aryl methyl sites for hydroxylation is 1. The second-order valence-electron chi connectivity index (χ2n) is 5.88. The van der Waals surface area contributed by atoms with Gasteiger partial charge in [-0.1, -0.05) is 19.1 Å². The van der Waals surface area contributed by atoms with E-state index in [9.17, 15) is 0 Å². The van der Waals surface area contributed by atoms with Crippen LogP contribution in [0.5, 0.6) is 0 Å². The summed E-state index contributed by atoms with van der Waals surface area (Å²) in [5, 5.41) is 6.86. The van der Waals surface area contributed by atoms with Gasteiger partial charge in [0.2, 0.25) is 0 Å². The smallest absolute Gasteiger partial charge is 0.191 e. The second-order valence-corrected chi connectivity index (χ2v) is 5.88. The molecule has 0 amide bonds. The van der Waals surface area contributed by atoms with Gasteiger partial charge in [0.1, 0.15) is 0 Å². The first-order chi connectivity index (χ1) is 10.1. The van der Waals surface area contributed by atoms with Crippen molar-refractivity contribution in [2.45, 2.75) is 33.2 Å². The molecule has 2 rings (SSSR count). The van der Waals surface area contributed by atoms with Crippen LogP contribution in [0.25, 0.3) is 0 Å². The highest BCUT2D eigenvalue weighted by molar-refractivity contribution is 14.0. The van der Waals surface area contributed by atoms with Crippen LogP contribution in [0.1, 0.15) is 25.8 Å². The molecule has 0 aliphatic heterocycles. The lowest BCUT2D eigenvalue weighted by molar-refractivity contribution is 0.734. The van der Waals surface area contributed by atoms with E-state index in [2.05, 4.69) is 65.6 Å². The van der Waals surface area contributed by atoms with E-state index in [1.165, 1.54) is 17.7 Å². The van der Waals surface area contributed by atoms with Gasteiger partial charge >= 0.3 is 0 Å². The number of hydrogen-bond acceptors (Lipinski definition) is 2. The molecule has 4 nitrogen and oxygen atoms in total. The summed E-state index contributed by atoms with van der Waals surface area (Å²) in [6, 6.07) is 9.28. The predicted molar refractivity (Wildman–Crippen MR) is 107 cm³/mol. The van der Waals surface area contributed by atoms with Crippen molar-refractivity contribution in [1.82, 2.24) is 10.6 Å². The Bertz CT molecular complexity index is 489. The van der Waals surface area contributed by atoms with Gasteiger partial charge in [-0.3, -0.25) is 4.99 Å². The highest BCUT2D eigenvalue weighted by Crippen LogP contribution is 2.28. The molecule has 2 unspecified atom stereocenters. The topological polar surface area (TPSA) is 39.7 Å². The van der Waals surface area contributed by atoms with Crippen LogP contribution in [0.2, 0.25) is 0 Å². The molecule has 2 N–H and O–H groups in total. The molecular formula is C17H29IN4. The number of likely N-dealkylation sites (N-methyl/N-ethyl adjacent to an activating group) is 1. The molecule has 0 aromatic heterocycles. The summed E-state index contributed by atoms with van der Waals surface area (Å²) in [5.41, 5.74) is 2.59. The minimum absolute atomic E-state index is 0. The van der Waals surface area contributed by atoms with Crippen molar-refractivity contribution in [2.75, 3.05) is 31.6 Å². The Morgan fingerprint density at radius 1 is 1.41 bits per heavy atom. The van der Waals surface area contributed by atoms with Crippen molar-refractivity contribution in [3.05, 3.63) is 29.8 Å². The fourth-order valence-electron chi connectivity index (χ4n) is 2.50. The Morgan fingerprint density at radius 3 is 2.68 bits per heavy atom. The molecule has 1 aromatic carbocycles. The number of aliphatic imine (C=N–C) groups is 1. The Morgan fingerprint density at radius 2 is 2.14 bits per heavy atom. The van der Waals surface area contributed by atoms with E-state index in [0.717, 1.165) is 31.5 Å². The minimum atomic E-state index is 0. The van der Waals surface area contributed by atoms with E-state index < -0.39 is 0 Å². The quantitative estimate of drug-likeness (QED) is 0.426. The maximum absolute atomic E-state index is 4.29. The molecule has 1 aromatic rings. The van der Waals surface area contributed by atoms with Gasteiger partial charge in [0, 0.05) is 38.4 Å². The Labute approximate surface area is 151 Å². The SMILES string of the molecule is CCN(CCNC(=NC)NC1CC1C)c1cccc(C)c1.I. The minimum Gasteiger partial charge on any atom is -0.370 e. The average molecular weight is 416 g/mol. The van der Waals surface area contributed by atoms with Crippen LogP contribution in [0, 0.1) is 12.8 Å². The van der Waals surface area contributed by atoms with Gasteiger partial charge in [-0.25, -0.2) is 0 Å². The van der Waals surface area contributed by atoms with Gasteiger partial charge in [-0.05, 0) is 43.9 Å². The molecule has 5 heteroatoms. The van der Waals surface area contributed by atoms with E-state index >= 15 is 0 Å². The molecule has 0 spiro atoms. The number of halogens is 1. The van der Waals surface area contributed by atoms with Crippen LogP contribution < -0.4 is 15.5 Å². The number of guanidine groups is 1. The Kier molecular flexibility index (Phi) is 8.00. The van der Waals surface area contributed by atoms with Gasteiger partial charge < -0.3 is 15.5 Å². The zero-order valence-electron chi connectivity index (χ0n) is 14.1. The summed E-state index contributed by atoms with van der Waals surface area (Å²) in [6.07, 6.45) is 1.26. The van der Waals surface area contributed by atoms with Crippen LogP contribution in [0.3, 0.4) is 0 Å². The van der Waals surface area contributed by atoms with E-state index in [1.54, 1.807) is 0 Å². The summed E-state index contributed by atoms with van der Waals surface area (Å²) in [5.74, 6) is 1.70. The predicted octanol–water partition coefficient (Wildman–Crippen LogP) is 3.01. The van der Waals surface area contributed by atoms with Gasteiger partial charge in [-0.2, -0.15) is 0 Å². The van der Waals surface area contributed by atoms with Crippen molar-refractivity contribution in [2.24, 2.45) is 10.9 Å². The molecule has 2 atom stereocenters. The van der Waals surface area contributed by atoms with Crippen LogP contribution in [-0.2, 0) is 0 Å². The molecule has 22 heavy (non-hydrogen) atoms. The molecule has 1 fully saturated rings. The first kappa shape index (κ1) is 19.1. The zero-order chi connectivity index (χ0) is 15.2. The molecule has 0 saturated heterocycles. The average Bonchev–Trinajstić information content (AvgIpc) is 3.17. The van der Waals surface area contributed by atoms with E-state index in [0.29, 0.717) is 6.04 Å². The standard InChI is InChI=1S/C17H28N4.HI/c1-5-21(15-8-6-7-13(2)11-15)10-9-19-17(18-4)20-16-12-14(16)3;/h6-8,11,14,16H,5,9-10,12H2,1-4H3,(H2,18,19,20);1H. The summed E-state index contributed by atoms with van der Waals surface area (Å²) in [7, 11) is 1.83. The third-order valence-corrected chi connectivity index (χ3v) is 4.08. The van der Waals surface area contributed by atoms with Crippen LogP contribution in [-0.4, -0.2) is 38.7 Å². The molecule has 0 radical (unpaired) electrons. The second kappa shape index (κ2) is 9.22. The van der Waals surface area contributed by atoms with Gasteiger partial charge in [0.05, 0.1) is 0 Å². The number of benzene rings is 1. The van der Waals surface area contributed by atoms with E-state index in [-0.39, 0.29) is 24.0 Å². The van der Waals surface area contributed by atoms with Crippen molar-refractivity contribution >= 4 is 35.6 Å². The highest BCUT2D eigenvalue weighted by Gasteiger charge is 2.33. The van der Waals surface area contributed by atoms with E-state index in [1.807, 2.05) is 7.05 Å². The first-order valence-electron chi connectivity index (χ1n) is 7.92. The number of hydrogen-bond donors (Lipinski definition) is 2. The fraction of sp³-hybridized carbons (Fsp3) is 0.588. The fourth-order valence-corrected chi connectivity index (χ4v) is 2.50. The molecule has 124 valence electrons. The maximum atomic E-state index is 4.29. The van der Waals surface area contributed by atoms with Crippen LogP contribution in [0.4, 0.5) is 5.69 Å². The van der Waals surface area contributed by atoms with Gasteiger partial charge in [-0.15, -0.1) is 24.0 Å². The summed E-state index contributed by atoms with van der Waals surface area (Å²) >= 11 is 0. The Hall–Kier alpha value is -0.980. The van der Waals surface area contributed by atoms with Crippen molar-refractivity contribution in [3.8, 4) is 0 Å². The van der Waals surface area contributed by atoms with Crippen LogP contribution >= 0.6 is 24.0 Å². The van der Waals surface area contributed by atoms with E-state index in [4.69, 9.17) is 0 Å². The largest absolute Gasteiger partial charge is 0.370 e. The number of anilines is 1. The third-order valence-electron chi connectivity index (χ3n) is 4.08. The summed E-state index contributed by atoms with van der Waals surface area (Å²) in [6.45, 7) is 9.47. The summed E-state index contributed by atoms with van der Waals surface area (Å²) < 4.78 is 0. The van der Waals surface area contributed by atoms with Gasteiger partial charge in [0.25, 0.3) is 0 Å². The lowest BCUT2D eigenvalue weighted by Gasteiger charge is -2.24. The first-order valence-corrected chi connectivity index (χ1v) is 7.92. The Balaban J connectivity index is 0.00000242. The number of nitrogens with one attached hydrogen (secondary N) is 2. The molecule has 1 aliphatic carbocycles. The van der Waals surface area contributed by atoms with Crippen molar-refractivity contribution in [3.63, 3.8) is 0 Å². The zero-order valence-corrected chi connectivity index (χ0v) is 16.4. The van der Waals surface area contributed by atoms with Gasteiger partial charge in [0.15, 0.2) is 5.96 Å². The summed E-state index contributed by atoms with van der Waals surface area (Å²) in [4.78, 5) is 6.67. The number of nitrogens with zero attached hydrogens (tertiary/aromatic N) is 2. The normalized spacial score (nSPS) is 20.1. The monoisotopic (exact) mass is 416 g/mol. The van der Waals surface area contributed by atoms with Crippen LogP contribution in [0.15, 0.2) is 29.3 Å². The molecular weight excluding hydrogens is 387 g/mol. The molecule has 1 saturated carbocycles. The molecule has 0 bridgehead atoms. The highest BCUT2D eigenvalue weighted by atomic mass is 127. The van der Waals surface area contributed by atoms with Crippen molar-refractivity contribution < 1.29 is 0 Å². The lowest BCUT2D eigenvalue weighted by atomic mass is 10.2. The lowest BCUT2D eigenvalue weighted by Crippen LogP contribution is -2.42. The number of rotatable bonds is 6. The third kappa shape index (κ3) is 5.66.